The predicted molar refractivity (Wildman–Crippen MR) is 79.7 cm³/mol. The lowest BCUT2D eigenvalue weighted by molar-refractivity contribution is -0.120. The van der Waals surface area contributed by atoms with Crippen LogP contribution in [0.1, 0.15) is 42.5 Å². The minimum atomic E-state index is -0.0930. The number of amides is 2. The van der Waals surface area contributed by atoms with E-state index in [9.17, 15) is 9.59 Å². The first-order valence-corrected chi connectivity index (χ1v) is 7.21. The smallest absolute Gasteiger partial charge is 0.255 e. The lowest BCUT2D eigenvalue weighted by Crippen LogP contribution is -2.27. The monoisotopic (exact) mass is 274 g/mol. The molecule has 4 heteroatoms. The Balaban J connectivity index is 2.12. The third-order valence-electron chi connectivity index (χ3n) is 3.80. The maximum atomic E-state index is 12.3. The van der Waals surface area contributed by atoms with Crippen LogP contribution in [-0.2, 0) is 4.79 Å². The van der Waals surface area contributed by atoms with E-state index in [0.717, 1.165) is 25.7 Å². The molecule has 0 heterocycles. The van der Waals surface area contributed by atoms with Gasteiger partial charge in [-0.05, 0) is 25.0 Å². The van der Waals surface area contributed by atoms with Gasteiger partial charge in [-0.3, -0.25) is 9.59 Å². The first-order chi connectivity index (χ1) is 9.59. The average Bonchev–Trinajstić information content (AvgIpc) is 2.48. The summed E-state index contributed by atoms with van der Waals surface area (Å²) in [6, 6.07) is 7.19. The molecule has 0 aromatic heterocycles. The SMILES string of the molecule is CN(C)C(=O)c1ccccc1NC(=O)C1CCCCC1. The Bertz CT molecular complexity index is 491. The van der Waals surface area contributed by atoms with Crippen molar-refractivity contribution in [1.29, 1.82) is 0 Å². The molecule has 1 saturated carbocycles. The van der Waals surface area contributed by atoms with Crippen molar-refractivity contribution in [1.82, 2.24) is 4.90 Å². The summed E-state index contributed by atoms with van der Waals surface area (Å²) in [5.41, 5.74) is 1.16. The molecule has 1 N–H and O–H groups in total. The molecule has 0 aliphatic heterocycles. The maximum absolute atomic E-state index is 12.3. The van der Waals surface area contributed by atoms with E-state index in [1.165, 1.54) is 11.3 Å². The number of nitrogens with one attached hydrogen (secondary N) is 1. The quantitative estimate of drug-likeness (QED) is 0.921. The molecule has 2 amide bonds. The van der Waals surface area contributed by atoms with Gasteiger partial charge in [0.15, 0.2) is 0 Å². The van der Waals surface area contributed by atoms with Crippen molar-refractivity contribution in [2.24, 2.45) is 5.92 Å². The molecule has 2 rings (SSSR count). The van der Waals surface area contributed by atoms with Gasteiger partial charge in [-0.1, -0.05) is 31.4 Å². The third-order valence-corrected chi connectivity index (χ3v) is 3.80. The van der Waals surface area contributed by atoms with Crippen LogP contribution >= 0.6 is 0 Å². The number of hydrogen-bond acceptors (Lipinski definition) is 2. The van der Waals surface area contributed by atoms with Crippen molar-refractivity contribution in [2.45, 2.75) is 32.1 Å². The first kappa shape index (κ1) is 14.6. The lowest BCUT2D eigenvalue weighted by atomic mass is 9.88. The fraction of sp³-hybridized carbons (Fsp3) is 0.500. The highest BCUT2D eigenvalue weighted by Crippen LogP contribution is 2.26. The highest BCUT2D eigenvalue weighted by molar-refractivity contribution is 6.04. The number of nitrogens with zero attached hydrogens (tertiary/aromatic N) is 1. The molecule has 0 atom stereocenters. The molecule has 1 aliphatic rings. The fourth-order valence-corrected chi connectivity index (χ4v) is 2.62. The molecule has 108 valence electrons. The summed E-state index contributed by atoms with van der Waals surface area (Å²) >= 11 is 0. The van der Waals surface area contributed by atoms with Gasteiger partial charge in [-0.25, -0.2) is 0 Å². The molecule has 1 aromatic rings. The molecule has 4 nitrogen and oxygen atoms in total. The Morgan fingerprint density at radius 2 is 1.75 bits per heavy atom. The van der Waals surface area contributed by atoms with E-state index in [2.05, 4.69) is 5.32 Å². The van der Waals surface area contributed by atoms with Gasteiger partial charge in [-0.15, -0.1) is 0 Å². The highest BCUT2D eigenvalue weighted by atomic mass is 16.2. The largest absolute Gasteiger partial charge is 0.345 e. The number of anilines is 1. The molecule has 1 fully saturated rings. The van der Waals surface area contributed by atoms with Crippen LogP contribution in [-0.4, -0.2) is 30.8 Å². The van der Waals surface area contributed by atoms with Crippen LogP contribution in [0.4, 0.5) is 5.69 Å². The van der Waals surface area contributed by atoms with Crippen molar-refractivity contribution in [2.75, 3.05) is 19.4 Å². The molecule has 0 radical (unpaired) electrons. The zero-order chi connectivity index (χ0) is 14.5. The number of hydrogen-bond donors (Lipinski definition) is 1. The van der Waals surface area contributed by atoms with Crippen molar-refractivity contribution in [3.8, 4) is 0 Å². The van der Waals surface area contributed by atoms with Gasteiger partial charge in [-0.2, -0.15) is 0 Å². The minimum absolute atomic E-state index is 0.0451. The van der Waals surface area contributed by atoms with Crippen LogP contribution in [0, 0.1) is 5.92 Å². The van der Waals surface area contributed by atoms with Crippen LogP contribution < -0.4 is 5.32 Å². The molecule has 0 bridgehead atoms. The van der Waals surface area contributed by atoms with Gasteiger partial charge in [0.1, 0.15) is 0 Å². The van der Waals surface area contributed by atoms with Crippen LogP contribution in [0.25, 0.3) is 0 Å². The molecule has 0 saturated heterocycles. The van der Waals surface area contributed by atoms with Gasteiger partial charge >= 0.3 is 0 Å². The maximum Gasteiger partial charge on any atom is 0.255 e. The second-order valence-corrected chi connectivity index (χ2v) is 5.57. The summed E-state index contributed by atoms with van der Waals surface area (Å²) in [5.74, 6) is 0.0412. The zero-order valence-electron chi connectivity index (χ0n) is 12.2. The van der Waals surface area contributed by atoms with Crippen molar-refractivity contribution in [3.63, 3.8) is 0 Å². The van der Waals surface area contributed by atoms with E-state index in [1.807, 2.05) is 12.1 Å². The summed E-state index contributed by atoms with van der Waals surface area (Å²) < 4.78 is 0. The Labute approximate surface area is 120 Å². The molecule has 1 aromatic carbocycles. The van der Waals surface area contributed by atoms with E-state index >= 15 is 0 Å². The molecule has 20 heavy (non-hydrogen) atoms. The van der Waals surface area contributed by atoms with Gasteiger partial charge in [0, 0.05) is 20.0 Å². The predicted octanol–water partition coefficient (Wildman–Crippen LogP) is 2.91. The summed E-state index contributed by atoms with van der Waals surface area (Å²) in [4.78, 5) is 25.9. The van der Waals surface area contributed by atoms with E-state index < -0.39 is 0 Å². The van der Waals surface area contributed by atoms with Crippen molar-refractivity contribution >= 4 is 17.5 Å². The molecule has 1 aliphatic carbocycles. The summed E-state index contributed by atoms with van der Waals surface area (Å²) in [6.07, 6.45) is 5.37. The van der Waals surface area contributed by atoms with Gasteiger partial charge < -0.3 is 10.2 Å². The van der Waals surface area contributed by atoms with Gasteiger partial charge in [0.2, 0.25) is 5.91 Å². The van der Waals surface area contributed by atoms with E-state index in [-0.39, 0.29) is 17.7 Å². The number of rotatable bonds is 3. The number of carbonyl (C=O) groups excluding carboxylic acids is 2. The third kappa shape index (κ3) is 3.38. The van der Waals surface area contributed by atoms with Crippen LogP contribution in [0.15, 0.2) is 24.3 Å². The minimum Gasteiger partial charge on any atom is -0.345 e. The summed E-state index contributed by atoms with van der Waals surface area (Å²) in [6.45, 7) is 0. The topological polar surface area (TPSA) is 49.4 Å². The zero-order valence-corrected chi connectivity index (χ0v) is 12.2. The van der Waals surface area contributed by atoms with Crippen LogP contribution in [0.5, 0.6) is 0 Å². The van der Waals surface area contributed by atoms with Crippen LogP contribution in [0.2, 0.25) is 0 Å². The van der Waals surface area contributed by atoms with E-state index in [0.29, 0.717) is 11.3 Å². The number of carbonyl (C=O) groups is 2. The molecule has 0 unspecified atom stereocenters. The summed E-state index contributed by atoms with van der Waals surface area (Å²) in [5, 5.41) is 2.93. The number of para-hydroxylation sites is 1. The Morgan fingerprint density at radius 1 is 1.10 bits per heavy atom. The molecule has 0 spiro atoms. The van der Waals surface area contributed by atoms with Crippen LogP contribution in [0.3, 0.4) is 0 Å². The Hall–Kier alpha value is -1.84. The van der Waals surface area contributed by atoms with Gasteiger partial charge in [0.05, 0.1) is 11.3 Å². The second kappa shape index (κ2) is 6.55. The van der Waals surface area contributed by atoms with E-state index in [1.54, 1.807) is 26.2 Å². The first-order valence-electron chi connectivity index (χ1n) is 7.21. The highest BCUT2D eigenvalue weighted by Gasteiger charge is 2.22. The lowest BCUT2D eigenvalue weighted by Gasteiger charge is -2.22. The normalized spacial score (nSPS) is 15.7. The average molecular weight is 274 g/mol. The second-order valence-electron chi connectivity index (χ2n) is 5.57. The Kier molecular flexibility index (Phi) is 4.77. The summed E-state index contributed by atoms with van der Waals surface area (Å²) in [7, 11) is 3.42. The van der Waals surface area contributed by atoms with Gasteiger partial charge in [0.25, 0.3) is 5.91 Å². The number of benzene rings is 1. The molecular weight excluding hydrogens is 252 g/mol. The van der Waals surface area contributed by atoms with Crippen molar-refractivity contribution in [3.05, 3.63) is 29.8 Å². The van der Waals surface area contributed by atoms with E-state index in [4.69, 9.17) is 0 Å². The Morgan fingerprint density at radius 3 is 2.40 bits per heavy atom. The fourth-order valence-electron chi connectivity index (χ4n) is 2.62. The molecular formula is C16H22N2O2. The standard InChI is InChI=1S/C16H22N2O2/c1-18(2)16(20)13-10-6-7-11-14(13)17-15(19)12-8-4-3-5-9-12/h6-7,10-12H,3-5,8-9H2,1-2H3,(H,17,19). The van der Waals surface area contributed by atoms with Crippen molar-refractivity contribution < 1.29 is 9.59 Å².